The Bertz CT molecular complexity index is 694. The highest BCUT2D eigenvalue weighted by Crippen LogP contribution is 2.25. The highest BCUT2D eigenvalue weighted by Gasteiger charge is 2.32. The fourth-order valence-electron chi connectivity index (χ4n) is 2.64. The maximum absolute atomic E-state index is 13.0. The molecular weight excluding hydrogens is 281 g/mol. The van der Waals surface area contributed by atoms with Crippen molar-refractivity contribution in [3.8, 4) is 0 Å². The highest BCUT2D eigenvalue weighted by molar-refractivity contribution is 5.74. The van der Waals surface area contributed by atoms with E-state index < -0.39 is 0 Å². The van der Waals surface area contributed by atoms with Crippen LogP contribution in [0.25, 0.3) is 0 Å². The van der Waals surface area contributed by atoms with E-state index in [0.717, 1.165) is 22.8 Å². The van der Waals surface area contributed by atoms with Crippen LogP contribution < -0.4 is 0 Å². The van der Waals surface area contributed by atoms with Gasteiger partial charge in [0, 0.05) is 37.8 Å². The van der Waals surface area contributed by atoms with Gasteiger partial charge in [-0.1, -0.05) is 12.1 Å². The standard InChI is InChI=1S/C17H18FN3O/c1-11-7-16(8-13-3-5-15(18)6-4-13)20-17(19-11)14-9-21(10-14)12(2)22/h3-7,14H,8-10H2,1-2H3. The molecule has 1 aromatic heterocycles. The minimum Gasteiger partial charge on any atom is -0.341 e. The summed E-state index contributed by atoms with van der Waals surface area (Å²) < 4.78 is 13.0. The van der Waals surface area contributed by atoms with Crippen LogP contribution >= 0.6 is 0 Å². The lowest BCUT2D eigenvalue weighted by atomic mass is 9.98. The van der Waals surface area contributed by atoms with Gasteiger partial charge in [-0.2, -0.15) is 0 Å². The van der Waals surface area contributed by atoms with Gasteiger partial charge in [-0.25, -0.2) is 14.4 Å². The maximum atomic E-state index is 13.0. The molecule has 0 spiro atoms. The van der Waals surface area contributed by atoms with Crippen molar-refractivity contribution in [2.75, 3.05) is 13.1 Å². The topological polar surface area (TPSA) is 46.1 Å². The first kappa shape index (κ1) is 14.6. The van der Waals surface area contributed by atoms with Crippen LogP contribution in [0.1, 0.15) is 35.6 Å². The second-order valence-corrected chi connectivity index (χ2v) is 5.78. The van der Waals surface area contributed by atoms with Gasteiger partial charge in [0.1, 0.15) is 11.6 Å². The van der Waals surface area contributed by atoms with Gasteiger partial charge in [0.15, 0.2) is 0 Å². The van der Waals surface area contributed by atoms with Crippen molar-refractivity contribution >= 4 is 5.91 Å². The molecule has 1 aromatic carbocycles. The number of amides is 1. The number of benzene rings is 1. The van der Waals surface area contributed by atoms with Crippen LogP contribution in [0.5, 0.6) is 0 Å². The number of hydrogen-bond donors (Lipinski definition) is 0. The molecule has 2 aromatic rings. The summed E-state index contributed by atoms with van der Waals surface area (Å²) in [5, 5.41) is 0. The van der Waals surface area contributed by atoms with Crippen LogP contribution in [0.2, 0.25) is 0 Å². The molecule has 1 fully saturated rings. The van der Waals surface area contributed by atoms with Gasteiger partial charge in [0.2, 0.25) is 5.91 Å². The number of halogens is 1. The van der Waals surface area contributed by atoms with Crippen molar-refractivity contribution < 1.29 is 9.18 Å². The summed E-state index contributed by atoms with van der Waals surface area (Å²) in [5.74, 6) is 0.878. The predicted octanol–water partition coefficient (Wildman–Crippen LogP) is 2.46. The lowest BCUT2D eigenvalue weighted by Gasteiger charge is -2.37. The number of nitrogens with zero attached hydrogens (tertiary/aromatic N) is 3. The highest BCUT2D eigenvalue weighted by atomic mass is 19.1. The van der Waals surface area contributed by atoms with Gasteiger partial charge < -0.3 is 4.90 Å². The van der Waals surface area contributed by atoms with Crippen molar-refractivity contribution in [2.24, 2.45) is 0 Å². The fourth-order valence-corrected chi connectivity index (χ4v) is 2.64. The average Bonchev–Trinajstić information content (AvgIpc) is 2.38. The van der Waals surface area contributed by atoms with Crippen LogP contribution in [-0.2, 0) is 11.2 Å². The molecule has 1 aliphatic rings. The largest absolute Gasteiger partial charge is 0.341 e. The smallest absolute Gasteiger partial charge is 0.219 e. The molecule has 3 rings (SSSR count). The van der Waals surface area contributed by atoms with E-state index in [2.05, 4.69) is 9.97 Å². The van der Waals surface area contributed by atoms with Gasteiger partial charge in [-0.3, -0.25) is 4.79 Å². The minimum atomic E-state index is -0.234. The molecule has 114 valence electrons. The van der Waals surface area contributed by atoms with Crippen molar-refractivity contribution in [2.45, 2.75) is 26.2 Å². The van der Waals surface area contributed by atoms with Crippen molar-refractivity contribution in [1.29, 1.82) is 0 Å². The fraction of sp³-hybridized carbons (Fsp3) is 0.353. The van der Waals surface area contributed by atoms with Gasteiger partial charge in [0.05, 0.1) is 5.92 Å². The number of carbonyl (C=O) groups is 1. The summed E-state index contributed by atoms with van der Waals surface area (Å²) in [4.78, 5) is 22.2. The molecule has 1 amide bonds. The van der Waals surface area contributed by atoms with Gasteiger partial charge >= 0.3 is 0 Å². The number of carbonyl (C=O) groups excluding carboxylic acids is 1. The molecule has 0 radical (unpaired) electrons. The Kier molecular flexibility index (Phi) is 3.88. The molecule has 5 heteroatoms. The second-order valence-electron chi connectivity index (χ2n) is 5.78. The van der Waals surface area contributed by atoms with E-state index in [0.29, 0.717) is 19.5 Å². The molecule has 4 nitrogen and oxygen atoms in total. The van der Waals surface area contributed by atoms with E-state index in [9.17, 15) is 9.18 Å². The average molecular weight is 299 g/mol. The Morgan fingerprint density at radius 3 is 2.59 bits per heavy atom. The summed E-state index contributed by atoms with van der Waals surface area (Å²) in [6.07, 6.45) is 0.653. The third-order valence-corrected chi connectivity index (χ3v) is 3.92. The Balaban J connectivity index is 1.76. The van der Waals surface area contributed by atoms with Gasteiger partial charge in [-0.05, 0) is 30.7 Å². The molecule has 22 heavy (non-hydrogen) atoms. The normalized spacial score (nSPS) is 14.8. The maximum Gasteiger partial charge on any atom is 0.219 e. The Morgan fingerprint density at radius 1 is 1.27 bits per heavy atom. The van der Waals surface area contributed by atoms with Crippen molar-refractivity contribution in [3.05, 3.63) is 58.9 Å². The van der Waals surface area contributed by atoms with Crippen molar-refractivity contribution in [1.82, 2.24) is 14.9 Å². The van der Waals surface area contributed by atoms with Gasteiger partial charge in [0.25, 0.3) is 0 Å². The van der Waals surface area contributed by atoms with Crippen LogP contribution in [-0.4, -0.2) is 33.9 Å². The zero-order valence-electron chi connectivity index (χ0n) is 12.7. The monoisotopic (exact) mass is 299 g/mol. The Labute approximate surface area is 129 Å². The van der Waals surface area contributed by atoms with E-state index >= 15 is 0 Å². The van der Waals surface area contributed by atoms with E-state index in [-0.39, 0.29) is 17.6 Å². The van der Waals surface area contributed by atoms with Gasteiger partial charge in [-0.15, -0.1) is 0 Å². The number of aryl methyl sites for hydroxylation is 1. The summed E-state index contributed by atoms with van der Waals surface area (Å²) in [6.45, 7) is 4.90. The molecule has 0 unspecified atom stereocenters. The number of likely N-dealkylation sites (tertiary alicyclic amines) is 1. The molecule has 0 aliphatic carbocycles. The Hall–Kier alpha value is -2.30. The van der Waals surface area contributed by atoms with E-state index in [1.165, 1.54) is 12.1 Å². The Morgan fingerprint density at radius 2 is 1.95 bits per heavy atom. The number of hydrogen-bond acceptors (Lipinski definition) is 3. The summed E-state index contributed by atoms with van der Waals surface area (Å²) >= 11 is 0. The third kappa shape index (κ3) is 3.13. The molecular formula is C17H18FN3O. The lowest BCUT2D eigenvalue weighted by Crippen LogP contribution is -2.48. The quantitative estimate of drug-likeness (QED) is 0.874. The lowest BCUT2D eigenvalue weighted by molar-refractivity contribution is -0.133. The summed E-state index contributed by atoms with van der Waals surface area (Å²) in [6, 6.07) is 8.41. The first-order valence-corrected chi connectivity index (χ1v) is 7.35. The third-order valence-electron chi connectivity index (χ3n) is 3.92. The first-order valence-electron chi connectivity index (χ1n) is 7.35. The van der Waals surface area contributed by atoms with E-state index in [4.69, 9.17) is 0 Å². The molecule has 1 saturated heterocycles. The SMILES string of the molecule is CC(=O)N1CC(c2nc(C)cc(Cc3ccc(F)cc3)n2)C1. The van der Waals surface area contributed by atoms with Crippen LogP contribution in [0.4, 0.5) is 4.39 Å². The summed E-state index contributed by atoms with van der Waals surface area (Å²) in [7, 11) is 0. The molecule has 1 aliphatic heterocycles. The zero-order valence-corrected chi connectivity index (χ0v) is 12.7. The summed E-state index contributed by atoms with van der Waals surface area (Å²) in [5.41, 5.74) is 2.86. The van der Waals surface area contributed by atoms with Crippen LogP contribution in [0, 0.1) is 12.7 Å². The van der Waals surface area contributed by atoms with Crippen molar-refractivity contribution in [3.63, 3.8) is 0 Å². The molecule has 0 saturated carbocycles. The molecule has 0 atom stereocenters. The second kappa shape index (κ2) is 5.83. The van der Waals surface area contributed by atoms with Crippen LogP contribution in [0.3, 0.4) is 0 Å². The number of aromatic nitrogens is 2. The van der Waals surface area contributed by atoms with E-state index in [1.54, 1.807) is 24.0 Å². The minimum absolute atomic E-state index is 0.0930. The molecule has 0 N–H and O–H groups in total. The zero-order chi connectivity index (χ0) is 15.7. The predicted molar refractivity (Wildman–Crippen MR) is 81.0 cm³/mol. The van der Waals surface area contributed by atoms with Crippen LogP contribution in [0.15, 0.2) is 30.3 Å². The number of rotatable bonds is 3. The molecule has 2 heterocycles. The first-order chi connectivity index (χ1) is 10.5. The van der Waals surface area contributed by atoms with E-state index in [1.807, 2.05) is 13.0 Å². The molecule has 0 bridgehead atoms.